The number of aromatic nitrogens is 3. The molecule has 3 nitrogen and oxygen atoms in total. The fraction of sp³-hybridized carbons (Fsp3) is 0.105. The van der Waals surface area contributed by atoms with E-state index in [0.29, 0.717) is 5.92 Å². The molecule has 4 heteroatoms. The Morgan fingerprint density at radius 1 is 0.762 bits per heavy atom. The van der Waals surface area contributed by atoms with Crippen molar-refractivity contribution >= 4 is 33.6 Å². The monoisotopic (exact) mass is 557 g/mol. The summed E-state index contributed by atoms with van der Waals surface area (Å²) in [5.41, 5.74) is 11.1. The lowest BCUT2D eigenvalue weighted by Crippen LogP contribution is -2.57. The number of para-hydroxylation sites is 1. The summed E-state index contributed by atoms with van der Waals surface area (Å²) in [6, 6.07) is 43.1. The number of hydrogen-bond donors (Lipinski definition) is 0. The van der Waals surface area contributed by atoms with Crippen molar-refractivity contribution in [1.82, 2.24) is 4.57 Å². The van der Waals surface area contributed by atoms with E-state index in [9.17, 15) is 0 Å². The highest BCUT2D eigenvalue weighted by molar-refractivity contribution is 7.99. The van der Waals surface area contributed by atoms with Crippen molar-refractivity contribution in [3.63, 3.8) is 0 Å². The average Bonchev–Trinajstić information content (AvgIpc) is 3.64. The van der Waals surface area contributed by atoms with E-state index in [1.807, 2.05) is 11.8 Å². The van der Waals surface area contributed by atoms with Gasteiger partial charge in [0.15, 0.2) is 22.9 Å². The van der Waals surface area contributed by atoms with E-state index in [1.165, 1.54) is 76.7 Å². The van der Waals surface area contributed by atoms with Gasteiger partial charge in [-0.25, -0.2) is 0 Å². The maximum atomic E-state index is 2.61. The molecule has 0 aliphatic carbocycles. The molecule has 7 aromatic rings. The topological polar surface area (TPSA) is 12.7 Å². The summed E-state index contributed by atoms with van der Waals surface area (Å²) in [5.74, 6) is 1.76. The van der Waals surface area contributed by atoms with E-state index in [-0.39, 0.29) is 0 Å². The van der Waals surface area contributed by atoms with Crippen molar-refractivity contribution in [1.29, 1.82) is 0 Å². The Balaban J connectivity index is 1.49. The van der Waals surface area contributed by atoms with E-state index in [2.05, 4.69) is 149 Å². The van der Waals surface area contributed by atoms with Crippen LogP contribution >= 0.6 is 11.8 Å². The lowest BCUT2D eigenvalue weighted by atomic mass is 9.80. The first-order chi connectivity index (χ1) is 20.7. The van der Waals surface area contributed by atoms with Crippen LogP contribution in [0.5, 0.6) is 0 Å². The maximum Gasteiger partial charge on any atom is 0.352 e. The summed E-state index contributed by atoms with van der Waals surface area (Å²) >= 11 is 1.91. The first kappa shape index (κ1) is 23.0. The third-order valence-electron chi connectivity index (χ3n) is 9.61. The molecule has 198 valence electrons. The molecular weight excluding hydrogens is 531 g/mol. The molecule has 1 unspecified atom stereocenters. The minimum Gasteiger partial charge on any atom is -0.185 e. The molecule has 1 atom stereocenters. The van der Waals surface area contributed by atoms with Crippen molar-refractivity contribution in [2.24, 2.45) is 0 Å². The van der Waals surface area contributed by atoms with Crippen molar-refractivity contribution < 1.29 is 9.13 Å². The highest BCUT2D eigenvalue weighted by atomic mass is 32.2. The maximum absolute atomic E-state index is 2.61. The van der Waals surface area contributed by atoms with Gasteiger partial charge in [-0.2, -0.15) is 13.7 Å². The number of rotatable bonds is 2. The molecule has 5 heterocycles. The standard InChI is InChI=1S/C38H27N3S/c1-23(2)24-17-19-26(20-18-24)40-31-15-9-16-32-35(31)41-36-33(42-32)22-25-10-3-4-11-27(25)34(36)38(37(40)41)29-13-6-5-12-28(29)30-14-7-8-21-39(30)38/h3-23H,1-2H3/q+2. The number of hydrogen-bond acceptors (Lipinski definition) is 1. The highest BCUT2D eigenvalue weighted by Crippen LogP contribution is 2.57. The molecule has 0 amide bonds. The van der Waals surface area contributed by atoms with E-state index < -0.39 is 5.54 Å². The van der Waals surface area contributed by atoms with Crippen LogP contribution in [0.15, 0.2) is 131 Å². The van der Waals surface area contributed by atoms with E-state index >= 15 is 0 Å². The Kier molecular flexibility index (Phi) is 4.25. The zero-order chi connectivity index (χ0) is 27.7. The van der Waals surface area contributed by atoms with Crippen LogP contribution in [-0.2, 0) is 5.54 Å². The molecule has 42 heavy (non-hydrogen) atoms. The Labute approximate surface area is 248 Å². The summed E-state index contributed by atoms with van der Waals surface area (Å²) in [7, 11) is 0. The molecule has 0 bridgehead atoms. The summed E-state index contributed by atoms with van der Waals surface area (Å²) in [4.78, 5) is 2.63. The van der Waals surface area contributed by atoms with Gasteiger partial charge in [-0.05, 0) is 64.7 Å². The zero-order valence-corrected chi connectivity index (χ0v) is 24.2. The Hall–Kier alpha value is -4.67. The van der Waals surface area contributed by atoms with E-state index in [4.69, 9.17) is 0 Å². The predicted octanol–water partition coefficient (Wildman–Crippen LogP) is 8.07. The molecule has 0 saturated carbocycles. The molecular formula is C38H27N3S+2. The van der Waals surface area contributed by atoms with Gasteiger partial charge >= 0.3 is 11.4 Å². The summed E-state index contributed by atoms with van der Waals surface area (Å²) in [5, 5.41) is 2.60. The lowest BCUT2D eigenvalue weighted by Gasteiger charge is -2.22. The van der Waals surface area contributed by atoms with Gasteiger partial charge in [-0.15, -0.1) is 0 Å². The molecule has 0 radical (unpaired) electrons. The second-order valence-electron chi connectivity index (χ2n) is 12.0. The van der Waals surface area contributed by atoms with Crippen LogP contribution in [-0.4, -0.2) is 4.57 Å². The second-order valence-corrected chi connectivity index (χ2v) is 13.1. The minimum atomic E-state index is -0.546. The first-order valence-electron chi connectivity index (χ1n) is 14.7. The average molecular weight is 558 g/mol. The Bertz CT molecular complexity index is 2260. The van der Waals surface area contributed by atoms with Gasteiger partial charge in [0.05, 0.1) is 26.5 Å². The predicted molar refractivity (Wildman–Crippen MR) is 168 cm³/mol. The Morgan fingerprint density at radius 2 is 1.57 bits per heavy atom. The summed E-state index contributed by atoms with van der Waals surface area (Å²) < 4.78 is 7.72. The highest BCUT2D eigenvalue weighted by Gasteiger charge is 2.69. The smallest absolute Gasteiger partial charge is 0.185 e. The van der Waals surface area contributed by atoms with Gasteiger partial charge in [0.25, 0.3) is 0 Å². The van der Waals surface area contributed by atoms with E-state index in [0.717, 1.165) is 0 Å². The minimum absolute atomic E-state index is 0.485. The molecule has 1 spiro atoms. The number of nitrogens with zero attached hydrogens (tertiary/aromatic N) is 3. The number of pyridine rings is 1. The van der Waals surface area contributed by atoms with Crippen molar-refractivity contribution in [3.05, 3.63) is 144 Å². The second kappa shape index (κ2) is 7.78. The zero-order valence-electron chi connectivity index (χ0n) is 23.4. The van der Waals surface area contributed by atoms with Gasteiger partial charge in [0.1, 0.15) is 5.69 Å². The first-order valence-corrected chi connectivity index (χ1v) is 15.6. The fourth-order valence-corrected chi connectivity index (χ4v) is 9.08. The van der Waals surface area contributed by atoms with Gasteiger partial charge in [-0.1, -0.05) is 86.3 Å². The van der Waals surface area contributed by atoms with Crippen LogP contribution in [0.2, 0.25) is 0 Å². The quantitative estimate of drug-likeness (QED) is 0.196. The molecule has 3 aliphatic heterocycles. The van der Waals surface area contributed by atoms with Gasteiger partial charge in [0.2, 0.25) is 5.69 Å². The largest absolute Gasteiger partial charge is 0.352 e. The van der Waals surface area contributed by atoms with Crippen LogP contribution in [0.25, 0.3) is 44.4 Å². The number of imidazole rings is 1. The van der Waals surface area contributed by atoms with Gasteiger partial charge in [-0.3, -0.25) is 0 Å². The third kappa shape index (κ3) is 2.53. The molecule has 10 rings (SSSR count). The van der Waals surface area contributed by atoms with Crippen LogP contribution in [0.3, 0.4) is 0 Å². The number of benzene rings is 5. The number of fused-ring (bicyclic) bond motifs is 9. The molecule has 5 aromatic carbocycles. The summed E-state index contributed by atoms with van der Waals surface area (Å²) in [6.07, 6.45) is 2.30. The molecule has 3 aliphatic rings. The molecule has 2 aromatic heterocycles. The third-order valence-corrected chi connectivity index (χ3v) is 10.7. The van der Waals surface area contributed by atoms with Gasteiger partial charge < -0.3 is 0 Å². The van der Waals surface area contributed by atoms with Crippen molar-refractivity contribution in [2.45, 2.75) is 35.1 Å². The van der Waals surface area contributed by atoms with Crippen molar-refractivity contribution in [3.8, 4) is 22.6 Å². The van der Waals surface area contributed by atoms with Crippen LogP contribution in [0.1, 0.15) is 42.3 Å². The van der Waals surface area contributed by atoms with Crippen molar-refractivity contribution in [2.75, 3.05) is 0 Å². The molecule has 0 saturated heterocycles. The lowest BCUT2D eigenvalue weighted by molar-refractivity contribution is -0.733. The van der Waals surface area contributed by atoms with E-state index in [1.54, 1.807) is 0 Å². The van der Waals surface area contributed by atoms with Crippen LogP contribution in [0, 0.1) is 0 Å². The SMILES string of the molecule is CC(C)c1ccc(-n2c3[n+]4c5c(cccc52)Sc2cc5ccccc5c(c2-4)C32c3ccccc3-c3cccc[n+]32)cc1. The summed E-state index contributed by atoms with van der Waals surface area (Å²) in [6.45, 7) is 4.53. The fourth-order valence-electron chi connectivity index (χ4n) is 7.93. The normalized spacial score (nSPS) is 17.0. The van der Waals surface area contributed by atoms with Crippen LogP contribution < -0.4 is 9.13 Å². The van der Waals surface area contributed by atoms with Gasteiger partial charge in [0, 0.05) is 12.1 Å². The molecule has 0 fully saturated rings. The molecule has 0 N–H and O–H groups in total. The Morgan fingerprint density at radius 3 is 2.45 bits per heavy atom. The van der Waals surface area contributed by atoms with Crippen LogP contribution in [0.4, 0.5) is 0 Å².